The van der Waals surface area contributed by atoms with Crippen LogP contribution < -0.4 is 15.0 Å². The van der Waals surface area contributed by atoms with Crippen molar-refractivity contribution < 1.29 is 14.3 Å². The van der Waals surface area contributed by atoms with E-state index in [9.17, 15) is 9.59 Å². The van der Waals surface area contributed by atoms with Gasteiger partial charge in [-0.2, -0.15) is 5.10 Å². The Balaban J connectivity index is 1.54. The Kier molecular flexibility index (Phi) is 4.43. The van der Waals surface area contributed by atoms with Gasteiger partial charge in [-0.3, -0.25) is 14.7 Å². The van der Waals surface area contributed by atoms with Crippen molar-refractivity contribution in [3.63, 3.8) is 0 Å². The van der Waals surface area contributed by atoms with Crippen molar-refractivity contribution in [3.8, 4) is 22.6 Å². The van der Waals surface area contributed by atoms with Crippen LogP contribution in [0.2, 0.25) is 0 Å². The predicted molar refractivity (Wildman–Crippen MR) is 116 cm³/mol. The molecular formula is C23H22N4O4. The van der Waals surface area contributed by atoms with Crippen LogP contribution in [0.1, 0.15) is 16.1 Å². The summed E-state index contributed by atoms with van der Waals surface area (Å²) in [6, 6.07) is 11.1. The van der Waals surface area contributed by atoms with Crippen molar-refractivity contribution in [3.05, 3.63) is 64.2 Å². The van der Waals surface area contributed by atoms with Crippen molar-refractivity contribution in [2.24, 2.45) is 13.0 Å². The van der Waals surface area contributed by atoms with E-state index in [1.807, 2.05) is 43.3 Å². The van der Waals surface area contributed by atoms with E-state index in [-0.39, 0.29) is 18.1 Å². The molecule has 0 spiro atoms. The standard InChI is InChI=1S/C23H22N4O4/c1-13-19(11-24-25-13)14-4-6-20-18(10-14)23(29)26(2)27(20)22(28)16-8-15-9-17(30-3)5-7-21(15)31-12-16/h4-7,9-11,16H,8,12H2,1-3H3,(H,24,25). The molecule has 1 aliphatic heterocycles. The lowest BCUT2D eigenvalue weighted by atomic mass is 9.95. The van der Waals surface area contributed by atoms with E-state index < -0.39 is 5.92 Å². The summed E-state index contributed by atoms with van der Waals surface area (Å²) < 4.78 is 14.0. The molecule has 0 aliphatic carbocycles. The van der Waals surface area contributed by atoms with E-state index >= 15 is 0 Å². The summed E-state index contributed by atoms with van der Waals surface area (Å²) in [5.74, 6) is 0.902. The Morgan fingerprint density at radius 2 is 2.10 bits per heavy atom. The van der Waals surface area contributed by atoms with Gasteiger partial charge in [0.05, 0.1) is 30.1 Å². The Bertz CT molecular complexity index is 1380. The van der Waals surface area contributed by atoms with Crippen LogP contribution in [-0.4, -0.2) is 39.2 Å². The van der Waals surface area contributed by atoms with Crippen molar-refractivity contribution in [2.75, 3.05) is 13.7 Å². The third-order valence-corrected chi connectivity index (χ3v) is 5.92. The zero-order valence-electron chi connectivity index (χ0n) is 17.5. The van der Waals surface area contributed by atoms with Crippen LogP contribution in [0.3, 0.4) is 0 Å². The number of aromatic nitrogens is 4. The third kappa shape index (κ3) is 3.02. The predicted octanol–water partition coefficient (Wildman–Crippen LogP) is 2.94. The van der Waals surface area contributed by atoms with Crippen molar-refractivity contribution in [2.45, 2.75) is 13.3 Å². The number of fused-ring (bicyclic) bond motifs is 2. The SMILES string of the molecule is COc1ccc2c(c1)CC(C(=O)n1c3ccc(-c4cn[nH]c4C)cc3c(=O)n1C)CO2. The highest BCUT2D eigenvalue weighted by Crippen LogP contribution is 2.32. The van der Waals surface area contributed by atoms with E-state index in [0.717, 1.165) is 33.9 Å². The average molecular weight is 418 g/mol. The first-order valence-corrected chi connectivity index (χ1v) is 10.0. The lowest BCUT2D eigenvalue weighted by molar-refractivity contribution is 0.0740. The number of hydrogen-bond donors (Lipinski definition) is 1. The molecule has 1 aliphatic rings. The summed E-state index contributed by atoms with van der Waals surface area (Å²) in [7, 11) is 3.22. The second-order valence-electron chi connectivity index (χ2n) is 7.81. The molecule has 3 heterocycles. The first kappa shape index (κ1) is 19.2. The highest BCUT2D eigenvalue weighted by Gasteiger charge is 2.30. The number of hydrogen-bond acceptors (Lipinski definition) is 5. The molecule has 0 radical (unpaired) electrons. The fraction of sp³-hybridized carbons (Fsp3) is 0.261. The first-order chi connectivity index (χ1) is 15.0. The molecule has 0 saturated heterocycles. The monoisotopic (exact) mass is 418 g/mol. The fourth-order valence-corrected chi connectivity index (χ4v) is 4.22. The molecule has 5 rings (SSSR count). The van der Waals surface area contributed by atoms with Gasteiger partial charge >= 0.3 is 0 Å². The topological polar surface area (TPSA) is 91.1 Å². The molecule has 1 atom stereocenters. The van der Waals surface area contributed by atoms with Gasteiger partial charge in [0.15, 0.2) is 0 Å². The zero-order valence-corrected chi connectivity index (χ0v) is 17.5. The number of ether oxygens (including phenoxy) is 2. The number of nitrogens with zero attached hydrogens (tertiary/aromatic N) is 3. The Labute approximate surface area is 178 Å². The number of carbonyl (C=O) groups excluding carboxylic acids is 1. The summed E-state index contributed by atoms with van der Waals surface area (Å²) in [6.07, 6.45) is 2.25. The molecule has 2 aromatic heterocycles. The minimum Gasteiger partial charge on any atom is -0.497 e. The molecule has 158 valence electrons. The third-order valence-electron chi connectivity index (χ3n) is 5.92. The summed E-state index contributed by atoms with van der Waals surface area (Å²) in [4.78, 5) is 26.4. The van der Waals surface area contributed by atoms with E-state index in [1.54, 1.807) is 20.4 Å². The largest absolute Gasteiger partial charge is 0.497 e. The molecule has 8 nitrogen and oxygen atoms in total. The molecule has 0 fully saturated rings. The summed E-state index contributed by atoms with van der Waals surface area (Å²) in [5, 5.41) is 7.45. The van der Waals surface area contributed by atoms with Gasteiger partial charge in [0.2, 0.25) is 0 Å². The van der Waals surface area contributed by atoms with E-state index in [2.05, 4.69) is 10.2 Å². The summed E-state index contributed by atoms with van der Waals surface area (Å²) in [6.45, 7) is 2.19. The van der Waals surface area contributed by atoms with Crippen LogP contribution in [0.5, 0.6) is 11.5 Å². The van der Waals surface area contributed by atoms with E-state index in [4.69, 9.17) is 9.47 Å². The molecule has 4 aromatic rings. The van der Waals surface area contributed by atoms with Crippen molar-refractivity contribution >= 4 is 16.8 Å². The number of H-pyrrole nitrogens is 1. The molecular weight excluding hydrogens is 396 g/mol. The van der Waals surface area contributed by atoms with Gasteiger partial charge in [0, 0.05) is 18.3 Å². The van der Waals surface area contributed by atoms with Gasteiger partial charge in [-0.1, -0.05) is 6.07 Å². The van der Waals surface area contributed by atoms with Crippen LogP contribution in [0.25, 0.3) is 22.0 Å². The number of nitrogens with one attached hydrogen (secondary N) is 1. The molecule has 1 N–H and O–H groups in total. The number of rotatable bonds is 3. The van der Waals surface area contributed by atoms with Crippen LogP contribution in [0.4, 0.5) is 0 Å². The molecule has 8 heteroatoms. The second kappa shape index (κ2) is 7.16. The quantitative estimate of drug-likeness (QED) is 0.552. The van der Waals surface area contributed by atoms with Gasteiger partial charge in [-0.15, -0.1) is 0 Å². The Morgan fingerprint density at radius 1 is 1.26 bits per heavy atom. The average Bonchev–Trinajstić information content (AvgIpc) is 3.33. The highest BCUT2D eigenvalue weighted by atomic mass is 16.5. The maximum absolute atomic E-state index is 13.5. The number of aryl methyl sites for hydroxylation is 1. The van der Waals surface area contributed by atoms with Gasteiger partial charge in [0.1, 0.15) is 18.1 Å². The fourth-order valence-electron chi connectivity index (χ4n) is 4.22. The number of benzene rings is 2. The molecule has 2 aromatic carbocycles. The molecule has 0 bridgehead atoms. The highest BCUT2D eigenvalue weighted by molar-refractivity contribution is 5.94. The van der Waals surface area contributed by atoms with Gasteiger partial charge in [-0.05, 0) is 54.8 Å². The number of methoxy groups -OCH3 is 1. The van der Waals surface area contributed by atoms with Gasteiger partial charge < -0.3 is 9.47 Å². The minimum absolute atomic E-state index is 0.171. The maximum atomic E-state index is 13.5. The molecule has 0 saturated carbocycles. The number of carbonyl (C=O) groups is 1. The van der Waals surface area contributed by atoms with Crippen LogP contribution in [0, 0.1) is 12.8 Å². The van der Waals surface area contributed by atoms with Crippen LogP contribution in [-0.2, 0) is 13.5 Å². The molecule has 31 heavy (non-hydrogen) atoms. The smallest absolute Gasteiger partial charge is 0.274 e. The van der Waals surface area contributed by atoms with E-state index in [1.165, 1.54) is 9.36 Å². The normalized spacial score (nSPS) is 15.5. The molecule has 0 amide bonds. The lowest BCUT2D eigenvalue weighted by Gasteiger charge is -2.25. The van der Waals surface area contributed by atoms with Crippen molar-refractivity contribution in [1.82, 2.24) is 19.6 Å². The first-order valence-electron chi connectivity index (χ1n) is 10.0. The van der Waals surface area contributed by atoms with E-state index in [0.29, 0.717) is 17.3 Å². The Hall–Kier alpha value is -3.81. The minimum atomic E-state index is -0.406. The summed E-state index contributed by atoms with van der Waals surface area (Å²) in [5.41, 5.74) is 4.00. The molecule has 1 unspecified atom stereocenters. The van der Waals surface area contributed by atoms with Gasteiger partial charge in [0.25, 0.3) is 11.5 Å². The lowest BCUT2D eigenvalue weighted by Crippen LogP contribution is -2.35. The van der Waals surface area contributed by atoms with Crippen molar-refractivity contribution in [1.29, 1.82) is 0 Å². The van der Waals surface area contributed by atoms with Crippen LogP contribution in [0.15, 0.2) is 47.4 Å². The zero-order chi connectivity index (χ0) is 21.7. The maximum Gasteiger partial charge on any atom is 0.274 e. The van der Waals surface area contributed by atoms with Gasteiger partial charge in [-0.25, -0.2) is 9.36 Å². The van der Waals surface area contributed by atoms with Crippen LogP contribution >= 0.6 is 0 Å². The second-order valence-corrected chi connectivity index (χ2v) is 7.81. The Morgan fingerprint density at radius 3 is 2.84 bits per heavy atom. The number of aromatic amines is 1. The summed E-state index contributed by atoms with van der Waals surface area (Å²) >= 11 is 0.